The number of nitrogens with two attached hydrogens (primary N) is 1. The van der Waals surface area contributed by atoms with Crippen LogP contribution in [0.25, 0.3) is 0 Å². The quantitative estimate of drug-likeness (QED) is 0.401. The van der Waals surface area contributed by atoms with Crippen LogP contribution in [0.5, 0.6) is 0 Å². The fourth-order valence-corrected chi connectivity index (χ4v) is 0.931. The predicted octanol–water partition coefficient (Wildman–Crippen LogP) is 2.17. The van der Waals surface area contributed by atoms with Crippen LogP contribution in [0.1, 0.15) is 33.6 Å². The third kappa shape index (κ3) is 5.41. The van der Waals surface area contributed by atoms with Crippen molar-refractivity contribution in [3.8, 4) is 0 Å². The SMILES string of the molecule is C=C(N)/N=C(NCCCC)\C(C)=C/C. The third-order valence-electron chi connectivity index (χ3n) is 1.88. The molecule has 0 unspecified atom stereocenters. The first-order valence-electron chi connectivity index (χ1n) is 5.02. The van der Waals surface area contributed by atoms with Gasteiger partial charge in [-0.2, -0.15) is 0 Å². The lowest BCUT2D eigenvalue weighted by Crippen LogP contribution is -2.26. The Kier molecular flexibility index (Phi) is 6.54. The highest BCUT2D eigenvalue weighted by Crippen LogP contribution is 1.97. The third-order valence-corrected chi connectivity index (χ3v) is 1.88. The number of hydrogen-bond acceptors (Lipinski definition) is 2. The van der Waals surface area contributed by atoms with Crippen molar-refractivity contribution in [2.45, 2.75) is 33.6 Å². The van der Waals surface area contributed by atoms with Gasteiger partial charge in [-0.15, -0.1) is 0 Å². The van der Waals surface area contributed by atoms with E-state index in [1.54, 1.807) is 0 Å². The number of hydrogen-bond donors (Lipinski definition) is 2. The van der Waals surface area contributed by atoms with Gasteiger partial charge >= 0.3 is 0 Å². The summed E-state index contributed by atoms with van der Waals surface area (Å²) in [6.45, 7) is 10.6. The van der Waals surface area contributed by atoms with Gasteiger partial charge in [-0.25, -0.2) is 4.99 Å². The van der Waals surface area contributed by atoms with Crippen molar-refractivity contribution in [3.63, 3.8) is 0 Å². The Hall–Kier alpha value is -1.25. The van der Waals surface area contributed by atoms with Crippen LogP contribution in [0, 0.1) is 0 Å². The number of rotatable bonds is 5. The van der Waals surface area contributed by atoms with Gasteiger partial charge in [0, 0.05) is 6.54 Å². The molecule has 3 nitrogen and oxygen atoms in total. The van der Waals surface area contributed by atoms with Crippen LogP contribution in [0.4, 0.5) is 0 Å². The molecule has 0 aromatic carbocycles. The van der Waals surface area contributed by atoms with Crippen LogP contribution < -0.4 is 11.1 Å². The number of aliphatic imine (C=N–C) groups is 1. The van der Waals surface area contributed by atoms with Crippen molar-refractivity contribution >= 4 is 5.84 Å². The molecule has 0 saturated carbocycles. The van der Waals surface area contributed by atoms with Gasteiger partial charge in [-0.3, -0.25) is 0 Å². The monoisotopic (exact) mass is 195 g/mol. The molecule has 0 aliphatic heterocycles. The summed E-state index contributed by atoms with van der Waals surface area (Å²) in [5.74, 6) is 1.17. The molecule has 0 rings (SSSR count). The van der Waals surface area contributed by atoms with E-state index < -0.39 is 0 Å². The largest absolute Gasteiger partial charge is 0.384 e. The summed E-state index contributed by atoms with van der Waals surface area (Å²) in [5.41, 5.74) is 6.53. The van der Waals surface area contributed by atoms with Crippen LogP contribution in [-0.4, -0.2) is 12.4 Å². The molecule has 0 atom stereocenters. The molecule has 14 heavy (non-hydrogen) atoms. The molecular formula is C11H21N3. The molecule has 3 N–H and O–H groups in total. The van der Waals surface area contributed by atoms with Gasteiger partial charge in [0.15, 0.2) is 0 Å². The van der Waals surface area contributed by atoms with Crippen molar-refractivity contribution in [2.75, 3.05) is 6.54 Å². The highest BCUT2D eigenvalue weighted by molar-refractivity contribution is 5.98. The zero-order valence-electron chi connectivity index (χ0n) is 9.43. The number of unbranched alkanes of at least 4 members (excludes halogenated alkanes) is 1. The van der Waals surface area contributed by atoms with E-state index in [-0.39, 0.29) is 0 Å². The van der Waals surface area contributed by atoms with E-state index in [4.69, 9.17) is 5.73 Å². The Morgan fingerprint density at radius 3 is 2.64 bits per heavy atom. The number of amidine groups is 1. The number of nitrogens with zero attached hydrogens (tertiary/aromatic N) is 1. The Balaban J connectivity index is 4.34. The van der Waals surface area contributed by atoms with Gasteiger partial charge in [-0.05, 0) is 25.8 Å². The highest BCUT2D eigenvalue weighted by atomic mass is 15.0. The van der Waals surface area contributed by atoms with Gasteiger partial charge in [0.05, 0.1) is 0 Å². The summed E-state index contributed by atoms with van der Waals surface area (Å²) in [6.07, 6.45) is 4.30. The standard InChI is InChI=1S/C11H21N3/c1-5-7-8-13-11(9(3)6-2)14-10(4)12/h6H,4-5,7-8,12H2,1-3H3,(H,13,14)/b9-6-. The van der Waals surface area contributed by atoms with Gasteiger partial charge in [-0.1, -0.05) is 26.0 Å². The maximum absolute atomic E-state index is 5.44. The van der Waals surface area contributed by atoms with Crippen molar-refractivity contribution in [1.29, 1.82) is 0 Å². The first-order chi connectivity index (χ1) is 6.61. The van der Waals surface area contributed by atoms with E-state index in [2.05, 4.69) is 23.8 Å². The smallest absolute Gasteiger partial charge is 0.130 e. The van der Waals surface area contributed by atoms with Crippen molar-refractivity contribution in [2.24, 2.45) is 10.7 Å². The molecule has 0 fully saturated rings. The molecule has 0 aliphatic rings. The highest BCUT2D eigenvalue weighted by Gasteiger charge is 1.99. The molecule has 3 heteroatoms. The summed E-state index contributed by atoms with van der Waals surface area (Å²) >= 11 is 0. The lowest BCUT2D eigenvalue weighted by Gasteiger charge is -2.09. The van der Waals surface area contributed by atoms with Gasteiger partial charge in [0.2, 0.25) is 0 Å². The normalized spacial score (nSPS) is 12.8. The summed E-state index contributed by atoms with van der Waals surface area (Å²) < 4.78 is 0. The zero-order valence-corrected chi connectivity index (χ0v) is 9.43. The Bertz CT molecular complexity index is 239. The lowest BCUT2D eigenvalue weighted by molar-refractivity contribution is 0.753. The first-order valence-corrected chi connectivity index (χ1v) is 5.02. The van der Waals surface area contributed by atoms with Crippen LogP contribution in [0.15, 0.2) is 29.0 Å². The minimum absolute atomic E-state index is 0.338. The second-order valence-electron chi connectivity index (χ2n) is 3.20. The molecule has 0 aliphatic carbocycles. The molecular weight excluding hydrogens is 174 g/mol. The molecule has 0 saturated heterocycles. The first kappa shape index (κ1) is 12.8. The molecule has 0 heterocycles. The molecule has 0 amide bonds. The zero-order chi connectivity index (χ0) is 11.0. The summed E-state index contributed by atoms with van der Waals surface area (Å²) in [4.78, 5) is 4.14. The van der Waals surface area contributed by atoms with Crippen molar-refractivity contribution in [1.82, 2.24) is 5.32 Å². The van der Waals surface area contributed by atoms with Gasteiger partial charge < -0.3 is 11.1 Å². The van der Waals surface area contributed by atoms with Crippen molar-refractivity contribution in [3.05, 3.63) is 24.0 Å². The molecule has 0 bridgehead atoms. The van der Waals surface area contributed by atoms with Crippen LogP contribution >= 0.6 is 0 Å². The van der Waals surface area contributed by atoms with E-state index in [9.17, 15) is 0 Å². The minimum Gasteiger partial charge on any atom is -0.384 e. The van der Waals surface area contributed by atoms with Crippen LogP contribution in [0.3, 0.4) is 0 Å². The fourth-order valence-electron chi connectivity index (χ4n) is 0.931. The van der Waals surface area contributed by atoms with E-state index in [0.717, 1.165) is 24.4 Å². The average Bonchev–Trinajstić information content (AvgIpc) is 2.15. The molecule has 0 spiro atoms. The van der Waals surface area contributed by atoms with Crippen molar-refractivity contribution < 1.29 is 0 Å². The molecule has 0 aromatic heterocycles. The molecule has 0 radical (unpaired) electrons. The topological polar surface area (TPSA) is 50.4 Å². The summed E-state index contributed by atoms with van der Waals surface area (Å²) in [5, 5.41) is 3.24. The molecule has 0 aromatic rings. The van der Waals surface area contributed by atoms with E-state index in [1.165, 1.54) is 6.42 Å². The summed E-state index contributed by atoms with van der Waals surface area (Å²) in [6, 6.07) is 0. The van der Waals surface area contributed by atoms with Gasteiger partial charge in [0.1, 0.15) is 11.7 Å². The fraction of sp³-hybridized carbons (Fsp3) is 0.545. The Labute approximate surface area is 86.8 Å². The van der Waals surface area contributed by atoms with Crippen LogP contribution in [-0.2, 0) is 0 Å². The second-order valence-corrected chi connectivity index (χ2v) is 3.20. The Morgan fingerprint density at radius 2 is 2.21 bits per heavy atom. The lowest BCUT2D eigenvalue weighted by atomic mass is 10.2. The number of allylic oxidation sites excluding steroid dienone is 1. The maximum atomic E-state index is 5.44. The molecule has 80 valence electrons. The van der Waals surface area contributed by atoms with E-state index in [0.29, 0.717) is 5.82 Å². The Morgan fingerprint density at radius 1 is 1.57 bits per heavy atom. The predicted molar refractivity (Wildman–Crippen MR) is 63.1 cm³/mol. The average molecular weight is 195 g/mol. The number of nitrogens with one attached hydrogen (secondary N) is 1. The van der Waals surface area contributed by atoms with E-state index in [1.807, 2.05) is 19.9 Å². The van der Waals surface area contributed by atoms with Crippen LogP contribution in [0.2, 0.25) is 0 Å². The summed E-state index contributed by atoms with van der Waals surface area (Å²) in [7, 11) is 0. The second kappa shape index (κ2) is 7.18. The minimum atomic E-state index is 0.338. The maximum Gasteiger partial charge on any atom is 0.130 e. The van der Waals surface area contributed by atoms with Gasteiger partial charge in [0.25, 0.3) is 0 Å². The van der Waals surface area contributed by atoms with E-state index >= 15 is 0 Å².